The molecule has 3 amide bonds. The first-order valence-electron chi connectivity index (χ1n) is 19.6. The van der Waals surface area contributed by atoms with Crippen LogP contribution in [0.25, 0.3) is 5.69 Å². The van der Waals surface area contributed by atoms with Gasteiger partial charge < -0.3 is 20.1 Å². The summed E-state index contributed by atoms with van der Waals surface area (Å²) in [5.74, 6) is -0.387. The number of nitrogens with one attached hydrogen (secondary N) is 4. The van der Waals surface area contributed by atoms with Gasteiger partial charge in [-0.1, -0.05) is 120 Å². The van der Waals surface area contributed by atoms with Crippen molar-refractivity contribution in [2.75, 3.05) is 29.7 Å². The molecule has 0 aliphatic rings. The Morgan fingerprint density at radius 3 is 1.86 bits per heavy atom. The van der Waals surface area contributed by atoms with Gasteiger partial charge in [-0.2, -0.15) is 5.11 Å². The molecule has 3 aromatic carbocycles. The summed E-state index contributed by atoms with van der Waals surface area (Å²) in [7, 11) is 1.53. The van der Waals surface area contributed by atoms with Crippen molar-refractivity contribution in [3.63, 3.8) is 0 Å². The van der Waals surface area contributed by atoms with Gasteiger partial charge in [-0.05, 0) is 61.0 Å². The number of urea groups is 1. The largest absolute Gasteiger partial charge is 0.497 e. The van der Waals surface area contributed by atoms with E-state index in [1.54, 1.807) is 48.5 Å². The van der Waals surface area contributed by atoms with Gasteiger partial charge in [-0.3, -0.25) is 20.0 Å². The molecule has 0 unspecified atom stereocenters. The Morgan fingerprint density at radius 2 is 1.30 bits per heavy atom. The summed E-state index contributed by atoms with van der Waals surface area (Å²) >= 11 is 13.3. The predicted molar refractivity (Wildman–Crippen MR) is 228 cm³/mol. The van der Waals surface area contributed by atoms with Crippen LogP contribution in [0.15, 0.2) is 75.7 Å². The van der Waals surface area contributed by atoms with Crippen molar-refractivity contribution >= 4 is 69.7 Å². The molecule has 57 heavy (non-hydrogen) atoms. The fourth-order valence-corrected chi connectivity index (χ4v) is 6.77. The van der Waals surface area contributed by atoms with Crippen LogP contribution in [0.1, 0.15) is 114 Å². The maximum Gasteiger partial charge on any atom is 0.338 e. The van der Waals surface area contributed by atoms with Crippen molar-refractivity contribution in [1.29, 1.82) is 0 Å². The van der Waals surface area contributed by atoms with Crippen LogP contribution in [0.5, 0.6) is 5.75 Å². The van der Waals surface area contributed by atoms with E-state index in [2.05, 4.69) is 38.2 Å². The number of hydrogen-bond donors (Lipinski definition) is 4. The molecule has 0 aliphatic heterocycles. The van der Waals surface area contributed by atoms with E-state index >= 15 is 0 Å². The van der Waals surface area contributed by atoms with Crippen LogP contribution in [0, 0.1) is 0 Å². The highest BCUT2D eigenvalue weighted by Crippen LogP contribution is 2.32. The number of methoxy groups -OCH3 is 1. The number of aromatic nitrogens is 2. The average molecular weight is 823 g/mol. The maximum absolute atomic E-state index is 13.8. The highest BCUT2D eigenvalue weighted by Gasteiger charge is 2.23. The van der Waals surface area contributed by atoms with Crippen molar-refractivity contribution in [2.24, 2.45) is 10.2 Å². The molecule has 15 heteroatoms. The molecule has 306 valence electrons. The molecule has 0 atom stereocenters. The average Bonchev–Trinajstić information content (AvgIpc) is 3.47. The van der Waals surface area contributed by atoms with Gasteiger partial charge in [0.05, 0.1) is 35.0 Å². The van der Waals surface area contributed by atoms with Gasteiger partial charge in [0.15, 0.2) is 11.5 Å². The molecule has 0 aliphatic carbocycles. The predicted octanol–water partition coefficient (Wildman–Crippen LogP) is 12.1. The summed E-state index contributed by atoms with van der Waals surface area (Å²) < 4.78 is 11.7. The van der Waals surface area contributed by atoms with Crippen molar-refractivity contribution in [3.8, 4) is 11.4 Å². The Hall–Kier alpha value is -5.14. The van der Waals surface area contributed by atoms with Gasteiger partial charge in [0.25, 0.3) is 0 Å². The second-order valence-electron chi connectivity index (χ2n) is 13.7. The number of aromatic amines is 1. The van der Waals surface area contributed by atoms with Gasteiger partial charge in [0.2, 0.25) is 5.91 Å². The zero-order valence-electron chi connectivity index (χ0n) is 32.9. The fraction of sp³-hybridized carbons (Fsp3) is 0.429. The van der Waals surface area contributed by atoms with Gasteiger partial charge >= 0.3 is 17.6 Å². The second kappa shape index (κ2) is 23.8. The molecule has 0 saturated carbocycles. The van der Waals surface area contributed by atoms with E-state index in [1.165, 1.54) is 96.8 Å². The maximum atomic E-state index is 13.8. The molecule has 0 saturated heterocycles. The number of esters is 1. The summed E-state index contributed by atoms with van der Waals surface area (Å²) in [6.07, 6.45) is 17.2. The Kier molecular flexibility index (Phi) is 18.6. The van der Waals surface area contributed by atoms with Gasteiger partial charge in [-0.15, -0.1) is 5.11 Å². The van der Waals surface area contributed by atoms with E-state index in [9.17, 15) is 19.2 Å². The minimum absolute atomic E-state index is 0.0178. The lowest BCUT2D eigenvalue weighted by atomic mass is 10.0. The molecule has 0 spiro atoms. The Bertz CT molecular complexity index is 1990. The lowest BCUT2D eigenvalue weighted by Gasteiger charge is -2.11. The summed E-state index contributed by atoms with van der Waals surface area (Å²) in [6, 6.07) is 15.1. The first-order valence-corrected chi connectivity index (χ1v) is 20.4. The Morgan fingerprint density at radius 1 is 0.737 bits per heavy atom. The van der Waals surface area contributed by atoms with E-state index in [0.717, 1.165) is 23.9 Å². The minimum atomic E-state index is -0.743. The number of amides is 3. The van der Waals surface area contributed by atoms with Crippen LogP contribution in [-0.2, 0) is 9.53 Å². The molecule has 4 aromatic rings. The van der Waals surface area contributed by atoms with Crippen LogP contribution >= 0.6 is 23.2 Å². The first kappa shape index (κ1) is 44.6. The van der Waals surface area contributed by atoms with E-state index in [1.807, 2.05) is 0 Å². The number of nitrogens with zero attached hydrogens (tertiary/aromatic N) is 3. The first-order chi connectivity index (χ1) is 27.6. The van der Waals surface area contributed by atoms with Crippen molar-refractivity contribution in [3.05, 3.63) is 86.6 Å². The second-order valence-corrected chi connectivity index (χ2v) is 14.6. The number of benzene rings is 3. The third-order valence-corrected chi connectivity index (χ3v) is 9.67. The molecular formula is C42H53Cl2N7O6. The number of halogens is 2. The monoisotopic (exact) mass is 821 g/mol. The number of anilines is 3. The SMILES string of the molecule is CCCCCCCCCCCCCCCCOC(=O)c1cc(Cl)c(-n2[nH]c(NC(=O)Nc3cccc(NC(C)=O)c3)c(/N=N/c3ccc(OC)cc3)c2=O)c(Cl)c1. The van der Waals surface area contributed by atoms with Gasteiger partial charge in [0, 0.05) is 18.3 Å². The van der Waals surface area contributed by atoms with E-state index in [0.29, 0.717) is 22.8 Å². The Balaban J connectivity index is 1.38. The molecule has 13 nitrogen and oxygen atoms in total. The quantitative estimate of drug-likeness (QED) is 0.0330. The molecule has 1 aromatic heterocycles. The molecule has 0 bridgehead atoms. The summed E-state index contributed by atoms with van der Waals surface area (Å²) in [4.78, 5) is 51.4. The molecule has 0 radical (unpaired) electrons. The number of carbonyl (C=O) groups excluding carboxylic acids is 3. The molecule has 1 heterocycles. The van der Waals surface area contributed by atoms with E-state index in [-0.39, 0.29) is 45.3 Å². The van der Waals surface area contributed by atoms with Gasteiger partial charge in [-0.25, -0.2) is 14.3 Å². The Labute approximate surface area is 343 Å². The summed E-state index contributed by atoms with van der Waals surface area (Å²) in [6.45, 7) is 3.88. The molecule has 4 N–H and O–H groups in total. The third-order valence-electron chi connectivity index (χ3n) is 9.09. The lowest BCUT2D eigenvalue weighted by molar-refractivity contribution is -0.114. The summed E-state index contributed by atoms with van der Waals surface area (Å²) in [5.41, 5.74) is 0.367. The van der Waals surface area contributed by atoms with E-state index in [4.69, 9.17) is 32.7 Å². The molecular weight excluding hydrogens is 769 g/mol. The topological polar surface area (TPSA) is 168 Å². The number of unbranched alkanes of at least 4 members (excludes halogenated alkanes) is 13. The smallest absolute Gasteiger partial charge is 0.338 e. The standard InChI is InChI=1S/C42H53Cl2N7O6/c1-4-5-6-7-8-9-10-11-12-13-14-15-16-17-25-57-41(54)30-26-35(43)38(36(44)27-30)51-40(53)37(49-48-31-21-23-34(56-3)24-22-31)39(50-51)47-42(55)46-33-20-18-19-32(28-33)45-29(2)52/h18-24,26-28,50H,4-17,25H2,1-3H3,(H,45,52)(H2,46,47,55)/b49-48+. The zero-order valence-corrected chi connectivity index (χ0v) is 34.4. The lowest BCUT2D eigenvalue weighted by Crippen LogP contribution is -2.20. The number of hydrogen-bond acceptors (Lipinski definition) is 8. The summed E-state index contributed by atoms with van der Waals surface area (Å²) in [5, 5.41) is 19.0. The van der Waals surface area contributed by atoms with Crippen LogP contribution in [0.2, 0.25) is 10.0 Å². The number of ether oxygens (including phenoxy) is 2. The van der Waals surface area contributed by atoms with Crippen LogP contribution in [-0.4, -0.2) is 41.4 Å². The molecule has 4 rings (SSSR count). The van der Waals surface area contributed by atoms with Gasteiger partial charge in [0.1, 0.15) is 11.4 Å². The highest BCUT2D eigenvalue weighted by molar-refractivity contribution is 6.38. The zero-order chi connectivity index (χ0) is 41.0. The van der Waals surface area contributed by atoms with Crippen LogP contribution in [0.3, 0.4) is 0 Å². The number of carbonyl (C=O) groups is 3. The number of rotatable bonds is 23. The van der Waals surface area contributed by atoms with Crippen LogP contribution in [0.4, 0.5) is 33.4 Å². The van der Waals surface area contributed by atoms with E-state index < -0.39 is 17.6 Å². The third kappa shape index (κ3) is 14.7. The number of azo groups is 1. The van der Waals surface area contributed by atoms with Crippen molar-refractivity contribution in [2.45, 2.75) is 104 Å². The number of H-pyrrole nitrogens is 1. The fourth-order valence-electron chi connectivity index (χ4n) is 6.12. The highest BCUT2D eigenvalue weighted by atomic mass is 35.5. The normalized spacial score (nSPS) is 11.1. The van der Waals surface area contributed by atoms with Crippen molar-refractivity contribution < 1.29 is 23.9 Å². The van der Waals surface area contributed by atoms with Crippen molar-refractivity contribution in [1.82, 2.24) is 9.78 Å². The minimum Gasteiger partial charge on any atom is -0.497 e. The van der Waals surface area contributed by atoms with Crippen LogP contribution < -0.4 is 26.2 Å². The molecule has 0 fully saturated rings.